The van der Waals surface area contributed by atoms with Gasteiger partial charge in [-0.1, -0.05) is 0 Å². The average Bonchev–Trinajstić information content (AvgIpc) is 2.50. The quantitative estimate of drug-likeness (QED) is 0.490. The second kappa shape index (κ2) is 5.64. The van der Waals surface area contributed by atoms with E-state index in [4.69, 9.17) is 14.2 Å². The monoisotopic (exact) mass is 374 g/mol. The van der Waals surface area contributed by atoms with Gasteiger partial charge in [0.2, 0.25) is 0 Å². The molecular weight excluding hydrogens is 344 g/mol. The first-order chi connectivity index (χ1) is 13.0. The smallest absolute Gasteiger partial charge is 0.427 e. The highest BCUT2D eigenvalue weighted by Gasteiger charge is 2.55. The van der Waals surface area contributed by atoms with Crippen LogP contribution in [0.1, 0.15) is 77.0 Å². The molecule has 0 radical (unpaired) electrons. The first kappa shape index (κ1) is 16.7. The van der Waals surface area contributed by atoms with Crippen LogP contribution in [0, 0.1) is 35.5 Å². The summed E-state index contributed by atoms with van der Waals surface area (Å²) in [5.41, 5.74) is -0.764. The van der Waals surface area contributed by atoms with Crippen LogP contribution >= 0.6 is 0 Å². The van der Waals surface area contributed by atoms with Crippen LogP contribution in [0.3, 0.4) is 0 Å². The Bertz CT molecular complexity index is 541. The van der Waals surface area contributed by atoms with Gasteiger partial charge in [0.25, 0.3) is 0 Å². The van der Waals surface area contributed by atoms with Crippen LogP contribution in [0.5, 0.6) is 0 Å². The molecule has 0 spiro atoms. The lowest BCUT2D eigenvalue weighted by Gasteiger charge is -2.55. The standard InChI is InChI=1S/C22H30O5/c23-19(26-21-7-13-1-14(8-21)3-15(2-13)9-21)25-20(24)27-22-10-16-4-17(11-22)6-18(5-16)12-22/h13-18H,1-12H2. The minimum Gasteiger partial charge on any atom is -0.427 e. The predicted molar refractivity (Wildman–Crippen MR) is 95.9 cm³/mol. The number of hydrogen-bond donors (Lipinski definition) is 0. The van der Waals surface area contributed by atoms with E-state index in [-0.39, 0.29) is 11.2 Å². The van der Waals surface area contributed by atoms with E-state index in [1.54, 1.807) is 0 Å². The molecule has 5 nitrogen and oxygen atoms in total. The Hall–Kier alpha value is -1.26. The van der Waals surface area contributed by atoms with E-state index in [1.165, 1.54) is 38.5 Å². The number of carbonyl (C=O) groups is 2. The molecule has 0 aromatic heterocycles. The molecule has 8 rings (SSSR count). The molecule has 8 aliphatic rings. The summed E-state index contributed by atoms with van der Waals surface area (Å²) in [6, 6.07) is 0. The van der Waals surface area contributed by atoms with E-state index < -0.39 is 12.3 Å². The predicted octanol–water partition coefficient (Wildman–Crippen LogP) is 5.21. The Labute approximate surface area is 160 Å². The van der Waals surface area contributed by atoms with Crippen LogP contribution in [0.2, 0.25) is 0 Å². The van der Waals surface area contributed by atoms with Crippen molar-refractivity contribution in [1.82, 2.24) is 0 Å². The van der Waals surface area contributed by atoms with Crippen molar-refractivity contribution >= 4 is 12.3 Å². The number of rotatable bonds is 2. The van der Waals surface area contributed by atoms with E-state index in [0.29, 0.717) is 35.5 Å². The van der Waals surface area contributed by atoms with Gasteiger partial charge < -0.3 is 14.2 Å². The molecule has 0 saturated heterocycles. The molecule has 0 aliphatic heterocycles. The van der Waals surface area contributed by atoms with Crippen LogP contribution in [0.25, 0.3) is 0 Å². The van der Waals surface area contributed by atoms with Crippen molar-refractivity contribution < 1.29 is 23.8 Å². The molecule has 0 amide bonds. The normalized spacial score (nSPS) is 51.3. The lowest BCUT2D eigenvalue weighted by Crippen LogP contribution is -2.54. The first-order valence-corrected chi connectivity index (χ1v) is 11.1. The van der Waals surface area contributed by atoms with Gasteiger partial charge in [-0.2, -0.15) is 0 Å². The van der Waals surface area contributed by atoms with Gasteiger partial charge in [0.15, 0.2) is 0 Å². The largest absolute Gasteiger partial charge is 0.519 e. The van der Waals surface area contributed by atoms with Gasteiger partial charge in [-0.3, -0.25) is 0 Å². The van der Waals surface area contributed by atoms with Crippen LogP contribution in [0.15, 0.2) is 0 Å². The van der Waals surface area contributed by atoms with E-state index in [2.05, 4.69) is 0 Å². The summed E-state index contributed by atoms with van der Waals surface area (Å²) in [6.07, 6.45) is 11.7. The summed E-state index contributed by atoms with van der Waals surface area (Å²) < 4.78 is 16.6. The highest BCUT2D eigenvalue weighted by Crippen LogP contribution is 2.58. The molecular formula is C22H30O5. The van der Waals surface area contributed by atoms with Crippen LogP contribution < -0.4 is 0 Å². The van der Waals surface area contributed by atoms with Crippen molar-refractivity contribution in [1.29, 1.82) is 0 Å². The molecule has 8 fully saturated rings. The maximum absolute atomic E-state index is 12.4. The van der Waals surface area contributed by atoms with E-state index in [9.17, 15) is 9.59 Å². The summed E-state index contributed by atoms with van der Waals surface area (Å²) in [5, 5.41) is 0. The molecule has 0 atom stereocenters. The number of hydrogen-bond acceptors (Lipinski definition) is 5. The molecule has 148 valence electrons. The average molecular weight is 374 g/mol. The highest BCUT2D eigenvalue weighted by atomic mass is 16.8. The molecule has 0 N–H and O–H groups in total. The zero-order valence-electron chi connectivity index (χ0n) is 16.0. The summed E-state index contributed by atoms with van der Waals surface area (Å²) >= 11 is 0. The van der Waals surface area contributed by atoms with E-state index in [0.717, 1.165) is 38.5 Å². The molecule has 8 saturated carbocycles. The van der Waals surface area contributed by atoms with Crippen molar-refractivity contribution in [2.75, 3.05) is 0 Å². The fourth-order valence-corrected chi connectivity index (χ4v) is 8.78. The fraction of sp³-hybridized carbons (Fsp3) is 0.909. The molecule has 5 heteroatoms. The SMILES string of the molecule is O=C(OC(=O)OC12CC3CC(CC(C3)C1)C2)OC12CC3CC(CC(C3)C1)C2. The number of carbonyl (C=O) groups excluding carboxylic acids is 2. The Morgan fingerprint density at radius 2 is 0.778 bits per heavy atom. The second-order valence-corrected chi connectivity index (χ2v) is 11.0. The molecule has 8 aliphatic carbocycles. The van der Waals surface area contributed by atoms with Gasteiger partial charge in [0, 0.05) is 0 Å². The van der Waals surface area contributed by atoms with Gasteiger partial charge in [-0.15, -0.1) is 0 Å². The van der Waals surface area contributed by atoms with Gasteiger partial charge in [0.1, 0.15) is 11.2 Å². The first-order valence-electron chi connectivity index (χ1n) is 11.1. The lowest BCUT2D eigenvalue weighted by atomic mass is 9.54. The summed E-state index contributed by atoms with van der Waals surface area (Å²) in [5.74, 6) is 4.10. The molecule has 8 bridgehead atoms. The zero-order valence-corrected chi connectivity index (χ0v) is 16.0. The third kappa shape index (κ3) is 2.87. The molecule has 0 aromatic carbocycles. The second-order valence-electron chi connectivity index (χ2n) is 11.0. The van der Waals surface area contributed by atoms with Crippen molar-refractivity contribution in [3.05, 3.63) is 0 Å². The molecule has 0 aromatic rings. The molecule has 0 heterocycles. The van der Waals surface area contributed by atoms with Gasteiger partial charge in [-0.25, -0.2) is 9.59 Å². The maximum Gasteiger partial charge on any atom is 0.519 e. The summed E-state index contributed by atoms with van der Waals surface area (Å²) in [7, 11) is 0. The Morgan fingerprint density at radius 1 is 0.519 bits per heavy atom. The minimum atomic E-state index is -0.841. The fourth-order valence-electron chi connectivity index (χ4n) is 8.78. The summed E-state index contributed by atoms with van der Waals surface area (Å²) in [6.45, 7) is 0. The molecule has 27 heavy (non-hydrogen) atoms. The summed E-state index contributed by atoms with van der Waals surface area (Å²) in [4.78, 5) is 24.8. The maximum atomic E-state index is 12.4. The van der Waals surface area contributed by atoms with Crippen molar-refractivity contribution in [2.24, 2.45) is 35.5 Å². The van der Waals surface area contributed by atoms with E-state index in [1.807, 2.05) is 0 Å². The topological polar surface area (TPSA) is 61.8 Å². The Morgan fingerprint density at radius 3 is 1.04 bits per heavy atom. The third-order valence-electron chi connectivity index (χ3n) is 8.73. The van der Waals surface area contributed by atoms with Crippen molar-refractivity contribution in [3.8, 4) is 0 Å². The molecule has 0 unspecified atom stereocenters. The van der Waals surface area contributed by atoms with Gasteiger partial charge in [-0.05, 0) is 113 Å². The Balaban J connectivity index is 1.08. The van der Waals surface area contributed by atoms with E-state index >= 15 is 0 Å². The van der Waals surface area contributed by atoms with Gasteiger partial charge >= 0.3 is 12.3 Å². The Kier molecular flexibility index (Phi) is 3.48. The third-order valence-corrected chi connectivity index (χ3v) is 8.73. The van der Waals surface area contributed by atoms with Crippen LogP contribution in [-0.2, 0) is 14.2 Å². The lowest BCUT2D eigenvalue weighted by molar-refractivity contribution is -0.153. The zero-order chi connectivity index (χ0) is 18.2. The van der Waals surface area contributed by atoms with Crippen LogP contribution in [0.4, 0.5) is 9.59 Å². The minimum absolute atomic E-state index is 0.382. The van der Waals surface area contributed by atoms with Crippen LogP contribution in [-0.4, -0.2) is 23.5 Å². The van der Waals surface area contributed by atoms with Gasteiger partial charge in [0.05, 0.1) is 0 Å². The van der Waals surface area contributed by atoms with Crippen molar-refractivity contribution in [3.63, 3.8) is 0 Å². The highest BCUT2D eigenvalue weighted by molar-refractivity contribution is 5.77. The number of ether oxygens (including phenoxy) is 3. The van der Waals surface area contributed by atoms with Crippen molar-refractivity contribution in [2.45, 2.75) is 88.3 Å².